The van der Waals surface area contributed by atoms with Gasteiger partial charge >= 0.3 is 0 Å². The molecule has 0 unspecified atom stereocenters. The van der Waals surface area contributed by atoms with Crippen molar-refractivity contribution < 1.29 is 0 Å². The largest absolute Gasteiger partial charge is 0.310 e. The maximum Gasteiger partial charge on any atom is 0.0519 e. The number of anilines is 6. The first-order valence-electron chi connectivity index (χ1n) is 15.5. The van der Waals surface area contributed by atoms with Gasteiger partial charge in [-0.05, 0) is 84.9 Å². The molecule has 0 saturated carbocycles. The average Bonchev–Trinajstić information content (AvgIpc) is 3.68. The van der Waals surface area contributed by atoms with Crippen molar-refractivity contribution in [3.63, 3.8) is 0 Å². The van der Waals surface area contributed by atoms with Crippen LogP contribution < -0.4 is 9.80 Å². The van der Waals surface area contributed by atoms with Crippen LogP contribution >= 0.6 is 34.3 Å². The van der Waals surface area contributed by atoms with Gasteiger partial charge < -0.3 is 9.80 Å². The third-order valence-corrected chi connectivity index (χ3v) is 11.2. The normalized spacial score (nSPS) is 11.5. The molecule has 2 heterocycles. The van der Waals surface area contributed by atoms with Gasteiger partial charge in [-0.1, -0.05) is 90.5 Å². The maximum atomic E-state index is 7.06. The van der Waals surface area contributed by atoms with Gasteiger partial charge in [0.05, 0.1) is 5.02 Å². The molecule has 0 fully saturated rings. The molecule has 0 N–H and O–H groups in total. The fourth-order valence-electron chi connectivity index (χ4n) is 6.58. The van der Waals surface area contributed by atoms with Gasteiger partial charge in [-0.15, -0.1) is 22.7 Å². The van der Waals surface area contributed by atoms with Gasteiger partial charge in [0.2, 0.25) is 0 Å². The van der Waals surface area contributed by atoms with Crippen LogP contribution in [0, 0.1) is 0 Å². The first kappa shape index (κ1) is 28.1. The molecule has 47 heavy (non-hydrogen) atoms. The Morgan fingerprint density at radius 3 is 1.53 bits per heavy atom. The van der Waals surface area contributed by atoms with E-state index in [1.807, 2.05) is 11.3 Å². The van der Waals surface area contributed by atoms with Gasteiger partial charge in [0, 0.05) is 74.5 Å². The van der Waals surface area contributed by atoms with E-state index in [1.54, 1.807) is 11.3 Å². The van der Waals surface area contributed by atoms with E-state index in [9.17, 15) is 0 Å². The molecule has 0 radical (unpaired) electrons. The monoisotopic (exact) mass is 658 g/mol. The van der Waals surface area contributed by atoms with Gasteiger partial charge in [-0.3, -0.25) is 0 Å². The second-order valence-electron chi connectivity index (χ2n) is 11.5. The summed E-state index contributed by atoms with van der Waals surface area (Å²) in [5.74, 6) is 0. The van der Waals surface area contributed by atoms with Crippen LogP contribution in [0.15, 0.2) is 164 Å². The number of nitrogens with zero attached hydrogens (tertiary/aromatic N) is 2. The third kappa shape index (κ3) is 4.93. The molecule has 0 aliphatic rings. The van der Waals surface area contributed by atoms with Crippen LogP contribution in [-0.2, 0) is 0 Å². The zero-order valence-corrected chi connectivity index (χ0v) is 27.6. The van der Waals surface area contributed by atoms with Gasteiger partial charge in [0.25, 0.3) is 0 Å². The van der Waals surface area contributed by atoms with Crippen LogP contribution in [0.2, 0.25) is 5.02 Å². The molecule has 2 aromatic heterocycles. The van der Waals surface area contributed by atoms with Crippen molar-refractivity contribution in [2.45, 2.75) is 0 Å². The second-order valence-corrected chi connectivity index (χ2v) is 14.1. The van der Waals surface area contributed by atoms with Crippen molar-refractivity contribution in [3.8, 4) is 0 Å². The van der Waals surface area contributed by atoms with Crippen molar-refractivity contribution in [2.24, 2.45) is 0 Å². The van der Waals surface area contributed by atoms with Gasteiger partial charge in [0.1, 0.15) is 0 Å². The minimum absolute atomic E-state index is 0.771. The summed E-state index contributed by atoms with van der Waals surface area (Å²) in [5.41, 5.74) is 6.64. The summed E-state index contributed by atoms with van der Waals surface area (Å²) in [4.78, 5) is 4.64. The van der Waals surface area contributed by atoms with E-state index in [4.69, 9.17) is 11.6 Å². The number of thiophene rings is 2. The van der Waals surface area contributed by atoms with Crippen molar-refractivity contribution in [3.05, 3.63) is 169 Å². The Bertz CT molecular complexity index is 2500. The second kappa shape index (κ2) is 11.6. The van der Waals surface area contributed by atoms with E-state index in [-0.39, 0.29) is 0 Å². The number of benzene rings is 7. The Morgan fingerprint density at radius 2 is 0.851 bits per heavy atom. The molecule has 5 heteroatoms. The number of para-hydroxylation sites is 3. The van der Waals surface area contributed by atoms with Crippen molar-refractivity contribution in [2.75, 3.05) is 9.80 Å². The lowest BCUT2D eigenvalue weighted by Gasteiger charge is -2.26. The Balaban J connectivity index is 1.19. The molecule has 0 amide bonds. The smallest absolute Gasteiger partial charge is 0.0519 e. The fraction of sp³-hybridized carbons (Fsp3) is 0. The molecule has 9 aromatic rings. The highest BCUT2D eigenvalue weighted by atomic mass is 35.5. The van der Waals surface area contributed by atoms with E-state index in [1.165, 1.54) is 35.0 Å². The van der Waals surface area contributed by atoms with Crippen LogP contribution in [0.5, 0.6) is 0 Å². The summed E-state index contributed by atoms with van der Waals surface area (Å²) in [5, 5.41) is 5.61. The SMILES string of the molecule is Clc1cc(N(c2ccccc2)c2ccc3c(c2)sc2ccc(N(c4ccccc4)c4ccccc4)cc23)cc2sc3ccccc3c12. The standard InChI is InChI=1S/C42H27ClN2S2/c43-37-25-33(27-41-42(37)35-18-10-11-19-38(35)47-41)45(30-16-8-3-9-17-30)32-20-22-34-36-24-31(21-23-39(36)46-40(34)26-32)44(28-12-4-1-5-13-28)29-14-6-2-7-15-29/h1-27H. The molecule has 0 saturated heterocycles. The van der Waals surface area contributed by atoms with E-state index in [0.717, 1.165) is 44.5 Å². The molecule has 224 valence electrons. The summed E-state index contributed by atoms with van der Waals surface area (Å²) in [6.45, 7) is 0. The minimum Gasteiger partial charge on any atom is -0.310 e. The van der Waals surface area contributed by atoms with Crippen LogP contribution in [-0.4, -0.2) is 0 Å². The lowest BCUT2D eigenvalue weighted by molar-refractivity contribution is 1.29. The zero-order valence-electron chi connectivity index (χ0n) is 25.2. The Hall–Kier alpha value is -5.13. The summed E-state index contributed by atoms with van der Waals surface area (Å²) in [6.07, 6.45) is 0. The molecule has 0 aliphatic carbocycles. The van der Waals surface area contributed by atoms with Crippen LogP contribution in [0.3, 0.4) is 0 Å². The van der Waals surface area contributed by atoms with E-state index < -0.39 is 0 Å². The summed E-state index contributed by atoms with van der Waals surface area (Å²) in [7, 11) is 0. The number of hydrogen-bond acceptors (Lipinski definition) is 4. The lowest BCUT2D eigenvalue weighted by Crippen LogP contribution is -2.09. The predicted octanol–water partition coefficient (Wildman–Crippen LogP) is 14.0. The fourth-order valence-corrected chi connectivity index (χ4v) is 9.23. The van der Waals surface area contributed by atoms with Crippen molar-refractivity contribution >= 4 is 109 Å². The number of hydrogen-bond donors (Lipinski definition) is 0. The molecule has 0 atom stereocenters. The summed E-state index contributed by atoms with van der Waals surface area (Å²) in [6, 6.07) is 58.3. The average molecular weight is 659 g/mol. The molecular weight excluding hydrogens is 632 g/mol. The molecule has 9 rings (SSSR count). The zero-order chi connectivity index (χ0) is 31.3. The van der Waals surface area contributed by atoms with Gasteiger partial charge in [-0.25, -0.2) is 0 Å². The number of rotatable bonds is 6. The first-order chi connectivity index (χ1) is 23.2. The van der Waals surface area contributed by atoms with Crippen molar-refractivity contribution in [1.29, 1.82) is 0 Å². The van der Waals surface area contributed by atoms with E-state index >= 15 is 0 Å². The summed E-state index contributed by atoms with van der Waals surface area (Å²) >= 11 is 10.7. The van der Waals surface area contributed by atoms with Crippen LogP contribution in [0.4, 0.5) is 34.1 Å². The van der Waals surface area contributed by atoms with E-state index in [2.05, 4.69) is 174 Å². The predicted molar refractivity (Wildman–Crippen MR) is 207 cm³/mol. The first-order valence-corrected chi connectivity index (χ1v) is 17.5. The highest BCUT2D eigenvalue weighted by molar-refractivity contribution is 7.26. The number of halogens is 1. The third-order valence-electron chi connectivity index (χ3n) is 8.67. The molecular formula is C42H27ClN2S2. The molecule has 2 nitrogen and oxygen atoms in total. The molecule has 0 spiro atoms. The summed E-state index contributed by atoms with van der Waals surface area (Å²) < 4.78 is 4.95. The molecule has 7 aromatic carbocycles. The van der Waals surface area contributed by atoms with Crippen molar-refractivity contribution in [1.82, 2.24) is 0 Å². The maximum absolute atomic E-state index is 7.06. The van der Waals surface area contributed by atoms with Crippen LogP contribution in [0.1, 0.15) is 0 Å². The van der Waals surface area contributed by atoms with E-state index in [0.29, 0.717) is 0 Å². The Morgan fingerprint density at radius 1 is 0.340 bits per heavy atom. The molecule has 0 bridgehead atoms. The Kier molecular flexibility index (Phi) is 6.93. The van der Waals surface area contributed by atoms with Gasteiger partial charge in [0.15, 0.2) is 0 Å². The minimum atomic E-state index is 0.771. The van der Waals surface area contributed by atoms with Crippen LogP contribution in [0.25, 0.3) is 40.3 Å². The quantitative estimate of drug-likeness (QED) is 0.175. The Labute approximate surface area is 285 Å². The number of fused-ring (bicyclic) bond motifs is 6. The topological polar surface area (TPSA) is 6.48 Å². The highest BCUT2D eigenvalue weighted by Gasteiger charge is 2.19. The lowest BCUT2D eigenvalue weighted by atomic mass is 10.1. The van der Waals surface area contributed by atoms with Gasteiger partial charge in [-0.2, -0.15) is 0 Å². The molecule has 0 aliphatic heterocycles. The highest BCUT2D eigenvalue weighted by Crippen LogP contribution is 2.46.